The predicted molar refractivity (Wildman–Crippen MR) is 138 cm³/mol. The number of aliphatic hydroxyl groups is 1. The molecule has 0 aromatic heterocycles. The summed E-state index contributed by atoms with van der Waals surface area (Å²) in [6.45, 7) is 0.0169. The topological polar surface area (TPSA) is 93.4 Å². The maximum atomic E-state index is 13.2. The Morgan fingerprint density at radius 1 is 1.00 bits per heavy atom. The normalized spacial score (nSPS) is 21.6. The van der Waals surface area contributed by atoms with Gasteiger partial charge in [-0.3, -0.25) is 4.79 Å². The second kappa shape index (κ2) is 8.77. The lowest BCUT2D eigenvalue weighted by Gasteiger charge is -2.27. The van der Waals surface area contributed by atoms with Gasteiger partial charge in [0.1, 0.15) is 0 Å². The molecular weight excluding hydrogens is 454 g/mol. The summed E-state index contributed by atoms with van der Waals surface area (Å²) >= 11 is 0. The van der Waals surface area contributed by atoms with E-state index in [1.54, 1.807) is 30.3 Å². The Balaban J connectivity index is 1.38. The minimum Gasteiger partial charge on any atom is -0.476 e. The molecule has 6 rings (SSSR count). The van der Waals surface area contributed by atoms with E-state index in [1.807, 2.05) is 24.3 Å². The van der Waals surface area contributed by atoms with E-state index in [9.17, 15) is 19.8 Å². The lowest BCUT2D eigenvalue weighted by Crippen LogP contribution is -2.26. The number of carbonyl (C=O) groups is 2. The molecule has 7 heteroatoms. The van der Waals surface area contributed by atoms with E-state index in [2.05, 4.69) is 34.3 Å². The van der Waals surface area contributed by atoms with Crippen molar-refractivity contribution in [3.8, 4) is 0 Å². The zero-order chi connectivity index (χ0) is 24.8. The van der Waals surface area contributed by atoms with E-state index in [0.29, 0.717) is 17.6 Å². The monoisotopic (exact) mass is 479 g/mol. The number of carboxylic acids is 1. The maximum absolute atomic E-state index is 13.2. The van der Waals surface area contributed by atoms with Gasteiger partial charge in [-0.05, 0) is 72.0 Å². The number of carbonyl (C=O) groups excluding carboxylic acids is 1. The number of aliphatic carboxylic acids is 1. The highest BCUT2D eigenvalue weighted by Crippen LogP contribution is 2.52. The highest BCUT2D eigenvalue weighted by atomic mass is 16.4. The van der Waals surface area contributed by atoms with Crippen LogP contribution < -0.4 is 9.91 Å². The van der Waals surface area contributed by atoms with Crippen LogP contribution in [0.15, 0.2) is 83.5 Å². The molecule has 0 bridgehead atoms. The van der Waals surface area contributed by atoms with Crippen LogP contribution in [0.5, 0.6) is 0 Å². The van der Waals surface area contributed by atoms with E-state index < -0.39 is 11.9 Å². The van der Waals surface area contributed by atoms with Crippen molar-refractivity contribution in [2.24, 2.45) is 5.10 Å². The summed E-state index contributed by atoms with van der Waals surface area (Å²) in [6.07, 6.45) is 4.97. The van der Waals surface area contributed by atoms with Gasteiger partial charge >= 0.3 is 5.97 Å². The molecule has 2 atom stereocenters. The predicted octanol–water partition coefficient (Wildman–Crippen LogP) is 4.84. The second-order valence-corrected chi connectivity index (χ2v) is 9.38. The highest BCUT2D eigenvalue weighted by molar-refractivity contribution is 6.53. The number of nitrogens with zero attached hydrogens (tertiary/aromatic N) is 3. The second-order valence-electron chi connectivity index (χ2n) is 9.38. The molecule has 0 radical (unpaired) electrons. The average Bonchev–Trinajstić information content (AvgIpc) is 3.58. The largest absolute Gasteiger partial charge is 0.476 e. The number of para-hydroxylation sites is 1. The number of rotatable bonds is 5. The lowest BCUT2D eigenvalue weighted by molar-refractivity contribution is -0.129. The Morgan fingerprint density at radius 3 is 2.50 bits per heavy atom. The first-order valence-electron chi connectivity index (χ1n) is 12.1. The van der Waals surface area contributed by atoms with Crippen molar-refractivity contribution >= 4 is 40.7 Å². The van der Waals surface area contributed by atoms with Crippen molar-refractivity contribution < 1.29 is 19.8 Å². The third kappa shape index (κ3) is 3.60. The Hall–Kier alpha value is -4.23. The molecule has 1 aliphatic carbocycles. The molecule has 2 N–H and O–H groups in total. The summed E-state index contributed by atoms with van der Waals surface area (Å²) in [5.74, 6) is -1.31. The molecule has 3 aliphatic rings. The lowest BCUT2D eigenvalue weighted by atomic mass is 9.95. The van der Waals surface area contributed by atoms with Gasteiger partial charge in [0.05, 0.1) is 17.9 Å². The van der Waals surface area contributed by atoms with Gasteiger partial charge in [0.15, 0.2) is 5.71 Å². The van der Waals surface area contributed by atoms with E-state index in [4.69, 9.17) is 0 Å². The Kier molecular flexibility index (Phi) is 5.42. The van der Waals surface area contributed by atoms with Gasteiger partial charge in [0.2, 0.25) is 0 Å². The Labute approximate surface area is 208 Å². The van der Waals surface area contributed by atoms with E-state index >= 15 is 0 Å². The van der Waals surface area contributed by atoms with Gasteiger partial charge in [-0.2, -0.15) is 10.1 Å². The molecule has 2 aliphatic heterocycles. The summed E-state index contributed by atoms with van der Waals surface area (Å²) < 4.78 is 0. The molecule has 2 unspecified atom stereocenters. The van der Waals surface area contributed by atoms with Crippen LogP contribution in [0.1, 0.15) is 41.9 Å². The van der Waals surface area contributed by atoms with E-state index in [1.165, 1.54) is 5.56 Å². The molecule has 1 fully saturated rings. The maximum Gasteiger partial charge on any atom is 0.357 e. The fourth-order valence-electron chi connectivity index (χ4n) is 5.68. The van der Waals surface area contributed by atoms with Crippen LogP contribution in [0.2, 0.25) is 0 Å². The molecule has 1 amide bonds. The standard InChI is InChI=1S/C29H25N3O4/c33-17-18-9-12-20(13-10-18)31-25-8-4-7-22(25)23-15-19(11-14-26(23)31)16-24-27(29(35)36)30-32(28(24)34)21-5-2-1-3-6-21/h1-3,5-6,9-16,22,25,33H,4,7-8,17H2,(H,35,36)/b24-16-. The Morgan fingerprint density at radius 2 is 1.78 bits per heavy atom. The van der Waals surface area contributed by atoms with Crippen LogP contribution >= 0.6 is 0 Å². The molecule has 3 aromatic carbocycles. The van der Waals surface area contributed by atoms with Gasteiger partial charge in [0, 0.05) is 23.3 Å². The van der Waals surface area contributed by atoms with Crippen molar-refractivity contribution in [2.75, 3.05) is 9.91 Å². The molecule has 36 heavy (non-hydrogen) atoms. The first-order valence-corrected chi connectivity index (χ1v) is 12.1. The fraction of sp³-hybridized carbons (Fsp3) is 0.207. The molecule has 0 spiro atoms. The Bertz CT molecular complexity index is 1410. The number of hydrogen-bond acceptors (Lipinski definition) is 5. The van der Waals surface area contributed by atoms with Crippen LogP contribution in [0.25, 0.3) is 6.08 Å². The van der Waals surface area contributed by atoms with Crippen LogP contribution in [0, 0.1) is 0 Å². The van der Waals surface area contributed by atoms with Gasteiger partial charge in [0.25, 0.3) is 5.91 Å². The summed E-state index contributed by atoms with van der Waals surface area (Å²) in [5, 5.41) is 24.4. The van der Waals surface area contributed by atoms with E-state index in [0.717, 1.165) is 46.8 Å². The van der Waals surface area contributed by atoms with E-state index in [-0.39, 0.29) is 17.9 Å². The molecule has 0 saturated heterocycles. The van der Waals surface area contributed by atoms with Gasteiger partial charge in [-0.1, -0.05) is 42.8 Å². The van der Waals surface area contributed by atoms with Crippen LogP contribution in [-0.2, 0) is 16.2 Å². The van der Waals surface area contributed by atoms with Gasteiger partial charge in [-0.25, -0.2) is 4.79 Å². The smallest absolute Gasteiger partial charge is 0.357 e. The summed E-state index contributed by atoms with van der Waals surface area (Å²) in [6, 6.07) is 23.3. The van der Waals surface area contributed by atoms with Crippen LogP contribution in [-0.4, -0.2) is 33.8 Å². The number of hydrogen-bond donors (Lipinski definition) is 2. The van der Waals surface area contributed by atoms with Crippen molar-refractivity contribution in [1.82, 2.24) is 0 Å². The minimum absolute atomic E-state index is 0.0169. The number of amides is 1. The van der Waals surface area contributed by atoms with Crippen LogP contribution in [0.4, 0.5) is 17.1 Å². The van der Waals surface area contributed by atoms with Crippen molar-refractivity contribution in [1.29, 1.82) is 0 Å². The average molecular weight is 480 g/mol. The summed E-state index contributed by atoms with van der Waals surface area (Å²) in [4.78, 5) is 27.5. The number of hydrazone groups is 1. The first kappa shape index (κ1) is 22.2. The number of fused-ring (bicyclic) bond motifs is 3. The third-order valence-corrected chi connectivity index (χ3v) is 7.31. The van der Waals surface area contributed by atoms with Crippen molar-refractivity contribution in [3.05, 3.63) is 95.1 Å². The molecule has 2 heterocycles. The number of carboxylic acid groups (broad SMARTS) is 1. The summed E-state index contributed by atoms with van der Waals surface area (Å²) in [7, 11) is 0. The zero-order valence-corrected chi connectivity index (χ0v) is 19.5. The molecule has 180 valence electrons. The molecule has 3 aromatic rings. The van der Waals surface area contributed by atoms with Crippen molar-refractivity contribution in [2.45, 2.75) is 37.8 Å². The minimum atomic E-state index is -1.23. The van der Waals surface area contributed by atoms with Crippen molar-refractivity contribution in [3.63, 3.8) is 0 Å². The highest BCUT2D eigenvalue weighted by Gasteiger charge is 2.42. The van der Waals surface area contributed by atoms with Gasteiger partial charge < -0.3 is 15.1 Å². The molecule has 7 nitrogen and oxygen atoms in total. The number of benzene rings is 3. The number of anilines is 3. The number of aliphatic hydroxyl groups excluding tert-OH is 1. The molecular formula is C29H25N3O4. The third-order valence-electron chi connectivity index (χ3n) is 7.31. The first-order chi connectivity index (χ1) is 17.5. The van der Waals surface area contributed by atoms with Crippen LogP contribution in [0.3, 0.4) is 0 Å². The quantitative estimate of drug-likeness (QED) is 0.511. The summed E-state index contributed by atoms with van der Waals surface area (Å²) in [5.41, 5.74) is 5.46. The molecule has 1 saturated carbocycles. The SMILES string of the molecule is O=C(O)C1=NN(c2ccccc2)C(=O)/C1=C\c1ccc2c(c1)C1CCCC1N2c1ccc(CO)cc1. The van der Waals surface area contributed by atoms with Gasteiger partial charge in [-0.15, -0.1) is 0 Å². The zero-order valence-electron chi connectivity index (χ0n) is 19.5. The fourth-order valence-corrected chi connectivity index (χ4v) is 5.68.